The molecule has 0 unspecified atom stereocenters. The van der Waals surface area contributed by atoms with Gasteiger partial charge < -0.3 is 10.4 Å². The highest BCUT2D eigenvalue weighted by atomic mass is 32.2. The van der Waals surface area contributed by atoms with E-state index in [-0.39, 0.29) is 17.5 Å². The average molecular weight is 298 g/mol. The molecule has 1 amide bonds. The van der Waals surface area contributed by atoms with Crippen LogP contribution in [0.4, 0.5) is 0 Å². The van der Waals surface area contributed by atoms with Crippen LogP contribution >= 0.6 is 11.8 Å². The standard InChI is InChI=1S/C15H26N2O2S/c1-14(2,3)11(18)8-12(16)17-13(19)15(4,5)20-9-10-6-7-10/h8,10,18H,6-7,9H2,1-5H3,(H2,16,17,19)/b11-8-. The fraction of sp³-hybridized carbons (Fsp3) is 0.733. The lowest BCUT2D eigenvalue weighted by molar-refractivity contribution is -0.121. The molecule has 0 aromatic heterocycles. The van der Waals surface area contributed by atoms with Gasteiger partial charge in [0.25, 0.3) is 0 Å². The van der Waals surface area contributed by atoms with Crippen molar-refractivity contribution in [3.05, 3.63) is 11.8 Å². The number of carbonyl (C=O) groups is 1. The Morgan fingerprint density at radius 3 is 2.35 bits per heavy atom. The number of thioether (sulfide) groups is 1. The molecule has 1 aliphatic rings. The molecule has 1 fully saturated rings. The van der Waals surface area contributed by atoms with Crippen LogP contribution in [0.5, 0.6) is 0 Å². The first kappa shape index (κ1) is 17.1. The van der Waals surface area contributed by atoms with Gasteiger partial charge in [-0.2, -0.15) is 0 Å². The van der Waals surface area contributed by atoms with E-state index in [2.05, 4.69) is 5.32 Å². The number of hydrogen-bond donors (Lipinski definition) is 3. The van der Waals surface area contributed by atoms with E-state index in [1.807, 2.05) is 34.6 Å². The van der Waals surface area contributed by atoms with Gasteiger partial charge in [0.1, 0.15) is 11.6 Å². The summed E-state index contributed by atoms with van der Waals surface area (Å²) >= 11 is 1.63. The Hall–Kier alpha value is -0.970. The zero-order chi connectivity index (χ0) is 15.6. The molecular weight excluding hydrogens is 272 g/mol. The lowest BCUT2D eigenvalue weighted by Crippen LogP contribution is -2.42. The Labute approximate surface area is 125 Å². The van der Waals surface area contributed by atoms with Gasteiger partial charge in [0, 0.05) is 11.5 Å². The molecule has 20 heavy (non-hydrogen) atoms. The van der Waals surface area contributed by atoms with Gasteiger partial charge in [-0.25, -0.2) is 0 Å². The summed E-state index contributed by atoms with van der Waals surface area (Å²) in [6, 6.07) is 0. The molecule has 0 bridgehead atoms. The highest BCUT2D eigenvalue weighted by Crippen LogP contribution is 2.37. The monoisotopic (exact) mass is 298 g/mol. The number of nitrogens with one attached hydrogen (secondary N) is 2. The van der Waals surface area contributed by atoms with Crippen molar-refractivity contribution in [3.63, 3.8) is 0 Å². The lowest BCUT2D eigenvalue weighted by Gasteiger charge is -2.23. The Morgan fingerprint density at radius 2 is 1.90 bits per heavy atom. The number of allylic oxidation sites excluding steroid dienone is 1. The molecule has 0 spiro atoms. The molecule has 0 saturated heterocycles. The Bertz CT molecular complexity index is 418. The van der Waals surface area contributed by atoms with Gasteiger partial charge in [0.05, 0.1) is 4.75 Å². The van der Waals surface area contributed by atoms with Crippen LogP contribution in [0.15, 0.2) is 11.8 Å². The molecule has 1 saturated carbocycles. The third-order valence-electron chi connectivity index (χ3n) is 3.22. The minimum absolute atomic E-state index is 0.0671. The number of aliphatic hydroxyl groups excluding tert-OH is 1. The summed E-state index contributed by atoms with van der Waals surface area (Å²) in [7, 11) is 0. The first-order valence-electron chi connectivity index (χ1n) is 6.97. The summed E-state index contributed by atoms with van der Waals surface area (Å²) in [5.74, 6) is 1.59. The van der Waals surface area contributed by atoms with Gasteiger partial charge in [0.2, 0.25) is 5.91 Å². The van der Waals surface area contributed by atoms with E-state index < -0.39 is 10.2 Å². The van der Waals surface area contributed by atoms with Gasteiger partial charge in [-0.1, -0.05) is 20.8 Å². The quantitative estimate of drug-likeness (QED) is 0.413. The second kappa shape index (κ2) is 6.20. The molecule has 1 rings (SSSR count). The summed E-state index contributed by atoms with van der Waals surface area (Å²) in [6.45, 7) is 9.29. The fourth-order valence-corrected chi connectivity index (χ4v) is 2.51. The molecule has 0 heterocycles. The Balaban J connectivity index is 2.53. The van der Waals surface area contributed by atoms with Gasteiger partial charge in [0.15, 0.2) is 0 Å². The summed E-state index contributed by atoms with van der Waals surface area (Å²) in [4.78, 5) is 12.2. The lowest BCUT2D eigenvalue weighted by atomic mass is 9.93. The normalized spacial score (nSPS) is 16.9. The van der Waals surface area contributed by atoms with Crippen molar-refractivity contribution in [2.24, 2.45) is 11.3 Å². The zero-order valence-corrected chi connectivity index (χ0v) is 13.9. The van der Waals surface area contributed by atoms with E-state index in [0.717, 1.165) is 11.7 Å². The van der Waals surface area contributed by atoms with Crippen LogP contribution in [0, 0.1) is 16.7 Å². The first-order chi connectivity index (χ1) is 9.02. The number of rotatable bonds is 5. The molecule has 0 aliphatic heterocycles. The minimum atomic E-state index is -0.555. The number of carbonyl (C=O) groups excluding carboxylic acids is 1. The number of amides is 1. The third-order valence-corrected chi connectivity index (χ3v) is 4.77. The Kier molecular flexibility index (Phi) is 5.30. The van der Waals surface area contributed by atoms with Crippen molar-refractivity contribution < 1.29 is 9.90 Å². The first-order valence-corrected chi connectivity index (χ1v) is 7.96. The molecule has 5 heteroatoms. The van der Waals surface area contributed by atoms with Crippen molar-refractivity contribution in [1.82, 2.24) is 5.32 Å². The molecule has 0 aromatic carbocycles. The molecule has 0 atom stereocenters. The second-order valence-electron chi connectivity index (χ2n) is 6.91. The summed E-state index contributed by atoms with van der Waals surface area (Å²) in [5.41, 5.74) is -0.423. The maximum absolute atomic E-state index is 12.2. The predicted octanol–water partition coefficient (Wildman–Crippen LogP) is 3.49. The summed E-state index contributed by atoms with van der Waals surface area (Å²) in [5, 5.41) is 20.1. The van der Waals surface area contributed by atoms with Gasteiger partial charge in [-0.3, -0.25) is 10.2 Å². The van der Waals surface area contributed by atoms with Crippen LogP contribution in [0.25, 0.3) is 0 Å². The molecule has 4 nitrogen and oxygen atoms in total. The number of amidine groups is 1. The summed E-state index contributed by atoms with van der Waals surface area (Å²) in [6.07, 6.45) is 3.84. The largest absolute Gasteiger partial charge is 0.512 e. The minimum Gasteiger partial charge on any atom is -0.512 e. The number of aliphatic hydroxyl groups is 1. The van der Waals surface area contributed by atoms with E-state index in [9.17, 15) is 9.90 Å². The molecule has 0 radical (unpaired) electrons. The molecule has 0 aromatic rings. The van der Waals surface area contributed by atoms with Crippen molar-refractivity contribution in [3.8, 4) is 0 Å². The van der Waals surface area contributed by atoms with Crippen molar-refractivity contribution in [1.29, 1.82) is 5.41 Å². The SMILES string of the molecule is CC(C)(SCC1CC1)C(=O)NC(=N)/C=C(\O)C(C)(C)C. The van der Waals surface area contributed by atoms with Crippen LogP contribution in [-0.4, -0.2) is 27.3 Å². The van der Waals surface area contributed by atoms with Crippen LogP contribution in [0.3, 0.4) is 0 Å². The predicted molar refractivity (Wildman–Crippen MR) is 85.3 cm³/mol. The Morgan fingerprint density at radius 1 is 1.35 bits per heavy atom. The van der Waals surface area contributed by atoms with E-state index in [4.69, 9.17) is 5.41 Å². The van der Waals surface area contributed by atoms with Gasteiger partial charge in [-0.15, -0.1) is 11.8 Å². The maximum Gasteiger partial charge on any atom is 0.241 e. The topological polar surface area (TPSA) is 73.2 Å². The smallest absolute Gasteiger partial charge is 0.241 e. The average Bonchev–Trinajstić information content (AvgIpc) is 3.08. The van der Waals surface area contributed by atoms with Gasteiger partial charge >= 0.3 is 0 Å². The molecular formula is C15H26N2O2S. The second-order valence-corrected chi connectivity index (χ2v) is 8.55. The number of hydrogen-bond acceptors (Lipinski definition) is 4. The highest BCUT2D eigenvalue weighted by Gasteiger charge is 2.32. The third kappa shape index (κ3) is 5.57. The van der Waals surface area contributed by atoms with Crippen LogP contribution in [0.2, 0.25) is 0 Å². The van der Waals surface area contributed by atoms with Crippen molar-refractivity contribution in [2.75, 3.05) is 5.75 Å². The van der Waals surface area contributed by atoms with Crippen LogP contribution in [0.1, 0.15) is 47.5 Å². The molecule has 114 valence electrons. The van der Waals surface area contributed by atoms with Crippen molar-refractivity contribution in [2.45, 2.75) is 52.2 Å². The van der Waals surface area contributed by atoms with E-state index in [1.54, 1.807) is 11.8 Å². The highest BCUT2D eigenvalue weighted by molar-refractivity contribution is 8.01. The van der Waals surface area contributed by atoms with Gasteiger partial charge in [-0.05, 0) is 38.4 Å². The molecule has 1 aliphatic carbocycles. The van der Waals surface area contributed by atoms with E-state index in [1.165, 1.54) is 18.9 Å². The fourth-order valence-electron chi connectivity index (χ4n) is 1.34. The summed E-state index contributed by atoms with van der Waals surface area (Å²) < 4.78 is -0.555. The zero-order valence-electron chi connectivity index (χ0n) is 13.0. The van der Waals surface area contributed by atoms with E-state index >= 15 is 0 Å². The maximum atomic E-state index is 12.2. The van der Waals surface area contributed by atoms with Crippen LogP contribution < -0.4 is 5.32 Å². The molecule has 3 N–H and O–H groups in total. The van der Waals surface area contributed by atoms with Crippen molar-refractivity contribution >= 4 is 23.5 Å². The van der Waals surface area contributed by atoms with E-state index in [0.29, 0.717) is 0 Å². The van der Waals surface area contributed by atoms with Crippen LogP contribution in [-0.2, 0) is 4.79 Å².